The molecule has 0 fully saturated rings. The molecular weight excluding hydrogens is 420 g/mol. The smallest absolute Gasteiger partial charge is 0.319 e. The molecule has 0 atom stereocenters. The number of nitrogens with one attached hydrogen (secondary N) is 2. The van der Waals surface area contributed by atoms with E-state index < -0.39 is 0 Å². The molecule has 0 saturated heterocycles. The van der Waals surface area contributed by atoms with E-state index in [-0.39, 0.29) is 6.03 Å². The number of ether oxygens (including phenoxy) is 3. The number of urea groups is 1. The molecule has 31 heavy (non-hydrogen) atoms. The Balaban J connectivity index is 1.85. The molecule has 0 radical (unpaired) electrons. The van der Waals surface area contributed by atoms with E-state index in [2.05, 4.69) is 20.6 Å². The number of anilines is 1. The molecule has 0 spiro atoms. The third-order valence-corrected chi connectivity index (χ3v) is 4.60. The lowest BCUT2D eigenvalue weighted by molar-refractivity contribution is 0.252. The average Bonchev–Trinajstić information content (AvgIpc) is 2.77. The van der Waals surface area contributed by atoms with Gasteiger partial charge in [0, 0.05) is 18.7 Å². The second-order valence-electron chi connectivity index (χ2n) is 6.67. The van der Waals surface area contributed by atoms with Crippen LogP contribution in [-0.4, -0.2) is 36.3 Å². The van der Waals surface area contributed by atoms with Gasteiger partial charge in [0.1, 0.15) is 12.1 Å². The molecule has 0 bridgehead atoms. The lowest BCUT2D eigenvalue weighted by atomic mass is 10.2. The number of aromatic nitrogens is 2. The van der Waals surface area contributed by atoms with Crippen LogP contribution in [0.4, 0.5) is 10.5 Å². The quantitative estimate of drug-likeness (QED) is 0.458. The maximum absolute atomic E-state index is 11.9. The van der Waals surface area contributed by atoms with E-state index in [4.69, 9.17) is 25.8 Å². The number of methoxy groups -OCH3 is 1. The number of amides is 2. The predicted molar refractivity (Wildman–Crippen MR) is 121 cm³/mol. The highest BCUT2D eigenvalue weighted by Crippen LogP contribution is 2.37. The van der Waals surface area contributed by atoms with Crippen molar-refractivity contribution in [1.29, 1.82) is 0 Å². The zero-order valence-electron chi connectivity index (χ0n) is 17.7. The van der Waals surface area contributed by atoms with Crippen molar-refractivity contribution in [2.75, 3.05) is 25.6 Å². The summed E-state index contributed by atoms with van der Waals surface area (Å²) >= 11 is 6.32. The summed E-state index contributed by atoms with van der Waals surface area (Å²) in [5.41, 5.74) is 1.14. The van der Waals surface area contributed by atoms with E-state index in [9.17, 15) is 4.79 Å². The van der Waals surface area contributed by atoms with Gasteiger partial charge in [-0.25, -0.2) is 14.8 Å². The van der Waals surface area contributed by atoms with E-state index in [1.54, 1.807) is 37.4 Å². The predicted octanol–water partition coefficient (Wildman–Crippen LogP) is 5.40. The van der Waals surface area contributed by atoms with Crippen LogP contribution in [0.2, 0.25) is 5.02 Å². The summed E-state index contributed by atoms with van der Waals surface area (Å²) in [4.78, 5) is 20.4. The summed E-state index contributed by atoms with van der Waals surface area (Å²) in [6.07, 6.45) is 3.13. The molecular formula is C22H25ClN4O4. The highest BCUT2D eigenvalue weighted by atomic mass is 35.5. The van der Waals surface area contributed by atoms with E-state index >= 15 is 0 Å². The highest BCUT2D eigenvalue weighted by molar-refractivity contribution is 6.33. The van der Waals surface area contributed by atoms with Gasteiger partial charge in [0.15, 0.2) is 11.5 Å². The first-order valence-electron chi connectivity index (χ1n) is 10.0. The first-order chi connectivity index (χ1) is 15.0. The maximum Gasteiger partial charge on any atom is 0.319 e. The molecule has 8 nitrogen and oxygen atoms in total. The monoisotopic (exact) mass is 444 g/mol. The number of nitrogens with zero attached hydrogens (tertiary/aromatic N) is 2. The van der Waals surface area contributed by atoms with Crippen molar-refractivity contribution in [3.05, 3.63) is 41.7 Å². The number of hydrogen-bond acceptors (Lipinski definition) is 6. The fourth-order valence-electron chi connectivity index (χ4n) is 2.78. The Morgan fingerprint density at radius 2 is 1.94 bits per heavy atom. The third-order valence-electron chi connectivity index (χ3n) is 4.28. The van der Waals surface area contributed by atoms with Gasteiger partial charge in [0.05, 0.1) is 35.3 Å². The molecule has 1 heterocycles. The van der Waals surface area contributed by atoms with Crippen LogP contribution in [0.1, 0.15) is 26.7 Å². The Morgan fingerprint density at radius 3 is 2.65 bits per heavy atom. The fraction of sp³-hybridized carbons (Fsp3) is 0.318. The Labute approximate surface area is 185 Å². The standard InChI is InChI=1S/C22H25ClN4O4/c1-4-8-24-22(28)27-17-7-6-14(10-16(17)23)31-21-15-11-20(30-9-5-2)19(29-3)12-18(15)25-13-26-21/h6-7,10-13H,4-5,8-9H2,1-3H3,(H2,24,27,28). The molecule has 3 aromatic rings. The van der Waals surface area contributed by atoms with E-state index in [1.807, 2.05) is 13.8 Å². The summed E-state index contributed by atoms with van der Waals surface area (Å²) in [5.74, 6) is 2.00. The van der Waals surface area contributed by atoms with Gasteiger partial charge >= 0.3 is 6.03 Å². The van der Waals surface area contributed by atoms with E-state index in [0.717, 1.165) is 12.8 Å². The molecule has 9 heteroatoms. The van der Waals surface area contributed by atoms with Gasteiger partial charge in [0.25, 0.3) is 0 Å². The first kappa shape index (κ1) is 22.4. The Bertz CT molecular complexity index is 1060. The fourth-order valence-corrected chi connectivity index (χ4v) is 3.00. The summed E-state index contributed by atoms with van der Waals surface area (Å²) in [6.45, 7) is 5.15. The summed E-state index contributed by atoms with van der Waals surface area (Å²) in [6, 6.07) is 8.26. The van der Waals surface area contributed by atoms with Gasteiger partial charge < -0.3 is 24.8 Å². The summed E-state index contributed by atoms with van der Waals surface area (Å²) in [7, 11) is 1.58. The topological polar surface area (TPSA) is 94.6 Å². The van der Waals surface area contributed by atoms with Gasteiger partial charge in [-0.3, -0.25) is 0 Å². The largest absolute Gasteiger partial charge is 0.493 e. The van der Waals surface area contributed by atoms with Crippen LogP contribution in [0.15, 0.2) is 36.7 Å². The van der Waals surface area contributed by atoms with Crippen LogP contribution >= 0.6 is 11.6 Å². The number of carbonyl (C=O) groups excluding carboxylic acids is 1. The molecule has 0 aliphatic rings. The van der Waals surface area contributed by atoms with E-state index in [0.29, 0.717) is 57.9 Å². The Hall–Kier alpha value is -3.26. The second kappa shape index (κ2) is 10.7. The minimum absolute atomic E-state index is 0.312. The van der Waals surface area contributed by atoms with E-state index in [1.165, 1.54) is 6.33 Å². The van der Waals surface area contributed by atoms with Gasteiger partial charge in [-0.1, -0.05) is 25.4 Å². The van der Waals surface area contributed by atoms with Gasteiger partial charge in [-0.2, -0.15) is 0 Å². The van der Waals surface area contributed by atoms with Gasteiger partial charge in [0.2, 0.25) is 5.88 Å². The Morgan fingerprint density at radius 1 is 1.10 bits per heavy atom. The van der Waals surface area contributed by atoms with Crippen LogP contribution in [0.3, 0.4) is 0 Å². The zero-order chi connectivity index (χ0) is 22.2. The van der Waals surface area contributed by atoms with Crippen LogP contribution in [0.5, 0.6) is 23.1 Å². The minimum Gasteiger partial charge on any atom is -0.493 e. The van der Waals surface area contributed by atoms with Crippen LogP contribution in [0, 0.1) is 0 Å². The van der Waals surface area contributed by atoms with Crippen molar-refractivity contribution in [2.45, 2.75) is 26.7 Å². The SMILES string of the molecule is CCCNC(=O)Nc1ccc(Oc2ncnc3cc(OC)c(OCCC)cc23)cc1Cl. The van der Waals surface area contributed by atoms with Crippen molar-refractivity contribution in [3.8, 4) is 23.1 Å². The second-order valence-corrected chi connectivity index (χ2v) is 7.08. The zero-order valence-corrected chi connectivity index (χ0v) is 18.5. The molecule has 2 aromatic carbocycles. The molecule has 3 rings (SSSR count). The van der Waals surface area contributed by atoms with Crippen molar-refractivity contribution < 1.29 is 19.0 Å². The summed E-state index contributed by atoms with van der Waals surface area (Å²) < 4.78 is 17.2. The molecule has 0 saturated carbocycles. The normalized spacial score (nSPS) is 10.6. The molecule has 2 N–H and O–H groups in total. The maximum atomic E-state index is 11.9. The first-order valence-corrected chi connectivity index (χ1v) is 10.4. The van der Waals surface area contributed by atoms with Gasteiger partial charge in [-0.05, 0) is 31.0 Å². The molecule has 1 aromatic heterocycles. The number of carbonyl (C=O) groups is 1. The number of halogens is 1. The lowest BCUT2D eigenvalue weighted by Gasteiger charge is -2.13. The molecule has 0 unspecified atom stereocenters. The van der Waals surface area contributed by atoms with Crippen LogP contribution in [0.25, 0.3) is 10.9 Å². The number of hydrogen-bond donors (Lipinski definition) is 2. The Kier molecular flexibility index (Phi) is 7.72. The summed E-state index contributed by atoms with van der Waals surface area (Å²) in [5, 5.41) is 6.46. The lowest BCUT2D eigenvalue weighted by Crippen LogP contribution is -2.29. The third kappa shape index (κ3) is 5.67. The van der Waals surface area contributed by atoms with Crippen LogP contribution < -0.4 is 24.8 Å². The van der Waals surface area contributed by atoms with Crippen molar-refractivity contribution >= 4 is 34.2 Å². The number of fused-ring (bicyclic) bond motifs is 1. The number of rotatable bonds is 9. The van der Waals surface area contributed by atoms with Crippen molar-refractivity contribution in [1.82, 2.24) is 15.3 Å². The van der Waals surface area contributed by atoms with Crippen molar-refractivity contribution in [2.24, 2.45) is 0 Å². The molecule has 164 valence electrons. The van der Waals surface area contributed by atoms with Gasteiger partial charge in [-0.15, -0.1) is 0 Å². The van der Waals surface area contributed by atoms with Crippen molar-refractivity contribution in [3.63, 3.8) is 0 Å². The average molecular weight is 445 g/mol. The van der Waals surface area contributed by atoms with Crippen LogP contribution in [-0.2, 0) is 0 Å². The molecule has 0 aliphatic carbocycles. The molecule has 2 amide bonds. The number of benzene rings is 2. The highest BCUT2D eigenvalue weighted by Gasteiger charge is 2.14. The minimum atomic E-state index is -0.312. The molecule has 0 aliphatic heterocycles.